The van der Waals surface area contributed by atoms with Gasteiger partial charge in [0.2, 0.25) is 0 Å². The number of likely N-dealkylation sites (tertiary alicyclic amines) is 1. The van der Waals surface area contributed by atoms with E-state index in [-0.39, 0.29) is 16.9 Å². The molecule has 7 heteroatoms. The first-order valence-corrected chi connectivity index (χ1v) is 9.19. The minimum Gasteiger partial charge on any atom is -0.507 e. The molecule has 0 bridgehead atoms. The summed E-state index contributed by atoms with van der Waals surface area (Å²) >= 11 is 0. The first kappa shape index (κ1) is 20.4. The number of methoxy groups -OCH3 is 2. The summed E-state index contributed by atoms with van der Waals surface area (Å²) in [6.45, 7) is 2.21. The van der Waals surface area contributed by atoms with Crippen LogP contribution in [0.4, 0.5) is 4.39 Å². The molecule has 0 spiro atoms. The number of rotatable bonds is 6. The molecule has 1 unspecified atom stereocenters. The predicted octanol–water partition coefficient (Wildman–Crippen LogP) is 3.67. The Balaban J connectivity index is 2.25. The van der Waals surface area contributed by atoms with E-state index < -0.39 is 29.3 Å². The summed E-state index contributed by atoms with van der Waals surface area (Å²) in [6.07, 6.45) is 0.622. The van der Waals surface area contributed by atoms with Crippen LogP contribution < -0.4 is 9.47 Å². The standard InChI is InChI=1S/C22H22FNO5/c1-4-10-24-19(13-6-5-7-15(11-13)28-2)18(21(26)22(24)27)20(25)16-12-14(23)8-9-17(16)29-3/h5-9,11-12,19,25H,4,10H2,1-3H3/b20-18+. The van der Waals surface area contributed by atoms with Crippen LogP contribution in [0, 0.1) is 5.82 Å². The maximum atomic E-state index is 13.9. The summed E-state index contributed by atoms with van der Waals surface area (Å²) in [5.41, 5.74) is 0.504. The number of Topliss-reactive ketones (excluding diaryl/α,β-unsaturated/α-hetero) is 1. The van der Waals surface area contributed by atoms with Gasteiger partial charge in [0.15, 0.2) is 0 Å². The van der Waals surface area contributed by atoms with Gasteiger partial charge in [0.25, 0.3) is 11.7 Å². The van der Waals surface area contributed by atoms with Crippen molar-refractivity contribution in [3.63, 3.8) is 0 Å². The van der Waals surface area contributed by atoms with Crippen LogP contribution in [0.3, 0.4) is 0 Å². The molecule has 1 N–H and O–H groups in total. The number of halogens is 1. The highest BCUT2D eigenvalue weighted by atomic mass is 19.1. The van der Waals surface area contributed by atoms with Gasteiger partial charge in [-0.3, -0.25) is 9.59 Å². The third kappa shape index (κ3) is 3.68. The van der Waals surface area contributed by atoms with E-state index in [1.165, 1.54) is 31.3 Å². The molecule has 1 aliphatic heterocycles. The minimum atomic E-state index is -0.824. The zero-order chi connectivity index (χ0) is 21.1. The first-order chi connectivity index (χ1) is 13.9. The number of carbonyl (C=O) groups excluding carboxylic acids is 2. The Morgan fingerprint density at radius 1 is 1.14 bits per heavy atom. The average molecular weight is 399 g/mol. The largest absolute Gasteiger partial charge is 0.507 e. The van der Waals surface area contributed by atoms with Gasteiger partial charge in [-0.15, -0.1) is 0 Å². The zero-order valence-electron chi connectivity index (χ0n) is 16.4. The van der Waals surface area contributed by atoms with Gasteiger partial charge < -0.3 is 19.5 Å². The lowest BCUT2D eigenvalue weighted by Gasteiger charge is -2.25. The van der Waals surface area contributed by atoms with E-state index in [1.807, 2.05) is 6.92 Å². The molecule has 29 heavy (non-hydrogen) atoms. The SMILES string of the molecule is CCCN1C(=O)C(=O)/C(=C(/O)c2cc(F)ccc2OC)C1c1cccc(OC)c1. The van der Waals surface area contributed by atoms with Crippen LogP contribution in [0.2, 0.25) is 0 Å². The van der Waals surface area contributed by atoms with Gasteiger partial charge in [-0.2, -0.15) is 0 Å². The van der Waals surface area contributed by atoms with E-state index in [2.05, 4.69) is 0 Å². The Labute approximate surface area is 168 Å². The lowest BCUT2D eigenvalue weighted by Crippen LogP contribution is -2.30. The van der Waals surface area contributed by atoms with E-state index >= 15 is 0 Å². The van der Waals surface area contributed by atoms with Crippen LogP contribution in [0.15, 0.2) is 48.0 Å². The Bertz CT molecular complexity index is 985. The molecule has 1 fully saturated rings. The van der Waals surface area contributed by atoms with Gasteiger partial charge in [0.05, 0.1) is 31.4 Å². The number of amides is 1. The quantitative estimate of drug-likeness (QED) is 0.456. The third-order valence-electron chi connectivity index (χ3n) is 4.83. The lowest BCUT2D eigenvalue weighted by atomic mass is 9.94. The van der Waals surface area contributed by atoms with Gasteiger partial charge in [-0.25, -0.2) is 4.39 Å². The van der Waals surface area contributed by atoms with Crippen LogP contribution in [-0.2, 0) is 9.59 Å². The first-order valence-electron chi connectivity index (χ1n) is 9.19. The number of nitrogens with zero attached hydrogens (tertiary/aromatic N) is 1. The van der Waals surface area contributed by atoms with Crippen molar-refractivity contribution >= 4 is 17.4 Å². The molecular formula is C22H22FNO5. The van der Waals surface area contributed by atoms with Gasteiger partial charge >= 0.3 is 0 Å². The molecule has 0 aliphatic carbocycles. The Morgan fingerprint density at radius 2 is 1.90 bits per heavy atom. The summed E-state index contributed by atoms with van der Waals surface area (Å²) in [4.78, 5) is 27.0. The topological polar surface area (TPSA) is 76.1 Å². The van der Waals surface area contributed by atoms with Crippen LogP contribution in [-0.4, -0.2) is 42.5 Å². The Morgan fingerprint density at radius 3 is 2.55 bits per heavy atom. The van der Waals surface area contributed by atoms with Crippen LogP contribution >= 0.6 is 0 Å². The summed E-state index contributed by atoms with van der Waals surface area (Å²) in [7, 11) is 2.89. The van der Waals surface area contributed by atoms with Gasteiger partial charge in [0, 0.05) is 6.54 Å². The maximum Gasteiger partial charge on any atom is 0.295 e. The van der Waals surface area contributed by atoms with Crippen molar-refractivity contribution in [2.75, 3.05) is 20.8 Å². The number of ether oxygens (including phenoxy) is 2. The molecule has 1 amide bonds. The van der Waals surface area contributed by atoms with E-state index in [1.54, 1.807) is 24.3 Å². The average Bonchev–Trinajstić information content (AvgIpc) is 2.98. The molecule has 2 aromatic rings. The second-order valence-corrected chi connectivity index (χ2v) is 6.61. The van der Waals surface area contributed by atoms with E-state index in [0.29, 0.717) is 24.3 Å². The second kappa shape index (κ2) is 8.34. The van der Waals surface area contributed by atoms with Crippen molar-refractivity contribution < 1.29 is 28.6 Å². The van der Waals surface area contributed by atoms with Gasteiger partial charge in [-0.1, -0.05) is 19.1 Å². The molecule has 1 saturated heterocycles. The number of carbonyl (C=O) groups is 2. The fourth-order valence-corrected chi connectivity index (χ4v) is 3.52. The summed E-state index contributed by atoms with van der Waals surface area (Å²) < 4.78 is 24.3. The molecule has 1 aliphatic rings. The molecular weight excluding hydrogens is 377 g/mol. The molecule has 2 aromatic carbocycles. The minimum absolute atomic E-state index is 0.00916. The number of ketones is 1. The summed E-state index contributed by atoms with van der Waals surface area (Å²) in [6, 6.07) is 9.72. The number of hydrogen-bond donors (Lipinski definition) is 1. The van der Waals surface area contributed by atoms with Crippen molar-refractivity contribution in [1.29, 1.82) is 0 Å². The molecule has 1 heterocycles. The van der Waals surface area contributed by atoms with E-state index in [4.69, 9.17) is 9.47 Å². The van der Waals surface area contributed by atoms with Crippen LogP contribution in [0.25, 0.3) is 5.76 Å². The van der Waals surface area contributed by atoms with Crippen molar-refractivity contribution in [2.24, 2.45) is 0 Å². The van der Waals surface area contributed by atoms with Gasteiger partial charge in [0.1, 0.15) is 23.1 Å². The number of aliphatic hydroxyl groups is 1. The van der Waals surface area contributed by atoms with Crippen molar-refractivity contribution in [1.82, 2.24) is 4.90 Å². The highest BCUT2D eigenvalue weighted by Gasteiger charge is 2.46. The van der Waals surface area contributed by atoms with Gasteiger partial charge in [-0.05, 0) is 42.3 Å². The second-order valence-electron chi connectivity index (χ2n) is 6.61. The number of aliphatic hydroxyl groups excluding tert-OH is 1. The smallest absolute Gasteiger partial charge is 0.295 e. The van der Waals surface area contributed by atoms with Crippen molar-refractivity contribution in [3.05, 3.63) is 65.0 Å². The Hall–Kier alpha value is -3.35. The zero-order valence-corrected chi connectivity index (χ0v) is 16.4. The van der Waals surface area contributed by atoms with E-state index in [9.17, 15) is 19.1 Å². The molecule has 152 valence electrons. The molecule has 3 rings (SSSR count). The fraction of sp³-hybridized carbons (Fsp3) is 0.273. The normalized spacial score (nSPS) is 18.2. The highest BCUT2D eigenvalue weighted by molar-refractivity contribution is 6.46. The van der Waals surface area contributed by atoms with Crippen LogP contribution in [0.1, 0.15) is 30.5 Å². The third-order valence-corrected chi connectivity index (χ3v) is 4.83. The summed E-state index contributed by atoms with van der Waals surface area (Å²) in [5.74, 6) is -1.88. The number of benzene rings is 2. The highest BCUT2D eigenvalue weighted by Crippen LogP contribution is 2.41. The Kier molecular flexibility index (Phi) is 5.87. The summed E-state index contributed by atoms with van der Waals surface area (Å²) in [5, 5.41) is 11.0. The lowest BCUT2D eigenvalue weighted by molar-refractivity contribution is -0.139. The molecule has 0 aromatic heterocycles. The van der Waals surface area contributed by atoms with Crippen molar-refractivity contribution in [2.45, 2.75) is 19.4 Å². The number of hydrogen-bond acceptors (Lipinski definition) is 5. The molecule has 1 atom stereocenters. The predicted molar refractivity (Wildman–Crippen MR) is 105 cm³/mol. The van der Waals surface area contributed by atoms with Crippen LogP contribution in [0.5, 0.6) is 11.5 Å². The fourth-order valence-electron chi connectivity index (χ4n) is 3.52. The molecule has 0 saturated carbocycles. The maximum absolute atomic E-state index is 13.9. The molecule has 6 nitrogen and oxygen atoms in total. The van der Waals surface area contributed by atoms with E-state index in [0.717, 1.165) is 6.07 Å². The van der Waals surface area contributed by atoms with Crippen molar-refractivity contribution in [3.8, 4) is 11.5 Å². The molecule has 0 radical (unpaired) electrons. The monoisotopic (exact) mass is 399 g/mol.